The van der Waals surface area contributed by atoms with Crippen LogP contribution in [0.5, 0.6) is 11.5 Å². The number of nitrogens with zero attached hydrogens (tertiary/aromatic N) is 3. The van der Waals surface area contributed by atoms with Gasteiger partial charge in [0.1, 0.15) is 12.4 Å². The first-order chi connectivity index (χ1) is 17.9. The summed E-state index contributed by atoms with van der Waals surface area (Å²) in [4.78, 5) is 10.8. The number of ether oxygens (including phenoxy) is 2. The molecule has 1 aromatic heterocycles. The molecule has 4 aromatic rings. The average Bonchev–Trinajstić information content (AvgIpc) is 2.87. The highest BCUT2D eigenvalue weighted by molar-refractivity contribution is 5.61. The van der Waals surface area contributed by atoms with E-state index in [1.54, 1.807) is 24.5 Å². The minimum Gasteiger partial charge on any atom is -0.486 e. The van der Waals surface area contributed by atoms with Crippen molar-refractivity contribution in [2.24, 2.45) is 0 Å². The van der Waals surface area contributed by atoms with Crippen molar-refractivity contribution < 1.29 is 22.6 Å². The summed E-state index contributed by atoms with van der Waals surface area (Å²) in [5.74, 6) is 0.829. The largest absolute Gasteiger partial charge is 0.573 e. The highest BCUT2D eigenvalue weighted by atomic mass is 19.4. The molecule has 0 atom stereocenters. The van der Waals surface area contributed by atoms with Gasteiger partial charge in [0.15, 0.2) is 5.75 Å². The highest BCUT2D eigenvalue weighted by Crippen LogP contribution is 2.27. The Morgan fingerprint density at radius 3 is 2.11 bits per heavy atom. The molecule has 1 saturated heterocycles. The summed E-state index contributed by atoms with van der Waals surface area (Å²) < 4.78 is 46.5. The number of hydrogen-bond donors (Lipinski definition) is 2. The molecule has 0 radical (unpaired) electrons. The van der Waals surface area contributed by atoms with Crippen molar-refractivity contribution in [1.29, 1.82) is 0 Å². The van der Waals surface area contributed by atoms with Gasteiger partial charge in [-0.1, -0.05) is 30.3 Å². The summed E-state index contributed by atoms with van der Waals surface area (Å²) in [5, 5.41) is 6.50. The van der Waals surface area contributed by atoms with Crippen molar-refractivity contribution in [3.63, 3.8) is 0 Å². The highest BCUT2D eigenvalue weighted by Gasteiger charge is 2.31. The zero-order valence-electron chi connectivity index (χ0n) is 19.7. The van der Waals surface area contributed by atoms with Crippen LogP contribution in [0, 0.1) is 0 Å². The third-order valence-corrected chi connectivity index (χ3v) is 5.71. The summed E-state index contributed by atoms with van der Waals surface area (Å²) in [7, 11) is 0. The Labute approximate surface area is 211 Å². The fourth-order valence-electron chi connectivity index (χ4n) is 3.85. The first-order valence-corrected chi connectivity index (χ1v) is 11.6. The lowest BCUT2D eigenvalue weighted by Gasteiger charge is -2.42. The first kappa shape index (κ1) is 24.2. The number of rotatable bonds is 9. The lowest BCUT2D eigenvalue weighted by Crippen LogP contribution is -2.54. The fourth-order valence-corrected chi connectivity index (χ4v) is 3.85. The topological polar surface area (TPSA) is 71.5 Å². The summed E-state index contributed by atoms with van der Waals surface area (Å²) >= 11 is 0. The molecule has 190 valence electrons. The maximum absolute atomic E-state index is 12.3. The van der Waals surface area contributed by atoms with Gasteiger partial charge in [-0.15, -0.1) is 13.2 Å². The Morgan fingerprint density at radius 2 is 1.46 bits per heavy atom. The zero-order valence-corrected chi connectivity index (χ0v) is 19.7. The van der Waals surface area contributed by atoms with E-state index in [-0.39, 0.29) is 11.8 Å². The van der Waals surface area contributed by atoms with Gasteiger partial charge in [0.2, 0.25) is 5.95 Å². The van der Waals surface area contributed by atoms with Gasteiger partial charge in [0.25, 0.3) is 0 Å². The Balaban J connectivity index is 1.07. The number of halogens is 3. The summed E-state index contributed by atoms with van der Waals surface area (Å²) in [5.41, 5.74) is 3.75. The fraction of sp³-hybridized carbons (Fsp3) is 0.185. The quantitative estimate of drug-likeness (QED) is 0.288. The van der Waals surface area contributed by atoms with Crippen LogP contribution in [0.1, 0.15) is 5.56 Å². The van der Waals surface area contributed by atoms with E-state index in [1.807, 2.05) is 54.6 Å². The smallest absolute Gasteiger partial charge is 0.486 e. The van der Waals surface area contributed by atoms with E-state index in [4.69, 9.17) is 4.74 Å². The molecule has 1 aliphatic heterocycles. The van der Waals surface area contributed by atoms with Gasteiger partial charge in [-0.2, -0.15) is 0 Å². The van der Waals surface area contributed by atoms with E-state index in [0.29, 0.717) is 18.3 Å². The molecule has 0 saturated carbocycles. The van der Waals surface area contributed by atoms with Crippen LogP contribution in [0.25, 0.3) is 0 Å². The second kappa shape index (κ2) is 10.7. The van der Waals surface area contributed by atoms with E-state index >= 15 is 0 Å². The summed E-state index contributed by atoms with van der Waals surface area (Å²) in [6.07, 6.45) is -1.42. The minimum absolute atomic E-state index is 0.197. The molecule has 0 unspecified atom stereocenters. The number of anilines is 4. The van der Waals surface area contributed by atoms with Crippen LogP contribution in [0.2, 0.25) is 0 Å². The van der Waals surface area contributed by atoms with E-state index in [0.717, 1.165) is 35.7 Å². The third-order valence-electron chi connectivity index (χ3n) is 5.71. The molecule has 10 heteroatoms. The zero-order chi connectivity index (χ0) is 25.7. The van der Waals surface area contributed by atoms with Crippen molar-refractivity contribution in [1.82, 2.24) is 9.97 Å². The molecule has 0 aliphatic carbocycles. The normalized spacial score (nSPS) is 13.5. The van der Waals surface area contributed by atoms with Crippen LogP contribution < -0.4 is 25.0 Å². The Morgan fingerprint density at radius 1 is 0.811 bits per heavy atom. The van der Waals surface area contributed by atoms with Gasteiger partial charge in [0, 0.05) is 30.2 Å². The Kier molecular flexibility index (Phi) is 6.98. The van der Waals surface area contributed by atoms with Crippen molar-refractivity contribution >= 4 is 23.0 Å². The second-order valence-corrected chi connectivity index (χ2v) is 8.51. The summed E-state index contributed by atoms with van der Waals surface area (Å²) in [6, 6.07) is 23.8. The number of benzene rings is 3. The number of hydrogen-bond acceptors (Lipinski definition) is 7. The lowest BCUT2D eigenvalue weighted by atomic mass is 10.1. The molecule has 2 heterocycles. The molecule has 1 aliphatic rings. The van der Waals surface area contributed by atoms with E-state index in [1.165, 1.54) is 12.1 Å². The molecular formula is C27H24F3N5O2. The van der Waals surface area contributed by atoms with Crippen LogP contribution in [0.15, 0.2) is 91.3 Å². The second-order valence-electron chi connectivity index (χ2n) is 8.51. The SMILES string of the molecule is FC(F)(F)Oc1ccc(NC2CN(c3ccc(Nc4ncc(OCc5ccccc5)cn4)cc3)C2)cc1. The van der Waals surface area contributed by atoms with Crippen molar-refractivity contribution in [3.05, 3.63) is 96.8 Å². The molecule has 7 nitrogen and oxygen atoms in total. The van der Waals surface area contributed by atoms with Gasteiger partial charge in [-0.05, 0) is 54.1 Å². The van der Waals surface area contributed by atoms with E-state index in [9.17, 15) is 13.2 Å². The number of aromatic nitrogens is 2. The van der Waals surface area contributed by atoms with Crippen LogP contribution >= 0.6 is 0 Å². The van der Waals surface area contributed by atoms with Gasteiger partial charge in [0.05, 0.1) is 18.4 Å². The van der Waals surface area contributed by atoms with Gasteiger partial charge >= 0.3 is 6.36 Å². The van der Waals surface area contributed by atoms with Crippen LogP contribution in [0.4, 0.5) is 36.2 Å². The number of nitrogens with one attached hydrogen (secondary N) is 2. The molecule has 0 bridgehead atoms. The molecule has 0 spiro atoms. The Hall–Kier alpha value is -4.47. The predicted molar refractivity (Wildman–Crippen MR) is 135 cm³/mol. The standard InChI is InChI=1S/C27H24F3N5O2/c28-27(29,30)37-24-12-8-20(9-13-24)33-22-16-35(17-22)23-10-6-21(7-11-23)34-26-31-14-25(15-32-26)36-18-19-4-2-1-3-5-19/h1-15,22,33H,16-18H2,(H,31,32,34). The molecular weight excluding hydrogens is 483 g/mol. The molecule has 37 heavy (non-hydrogen) atoms. The lowest BCUT2D eigenvalue weighted by molar-refractivity contribution is -0.274. The van der Waals surface area contributed by atoms with Crippen LogP contribution in [-0.2, 0) is 6.61 Å². The minimum atomic E-state index is -4.69. The van der Waals surface area contributed by atoms with Gasteiger partial charge in [-0.3, -0.25) is 0 Å². The Bertz CT molecular complexity index is 1280. The molecule has 0 amide bonds. The van der Waals surface area contributed by atoms with Gasteiger partial charge < -0.3 is 25.0 Å². The van der Waals surface area contributed by atoms with Gasteiger partial charge in [-0.25, -0.2) is 9.97 Å². The first-order valence-electron chi connectivity index (χ1n) is 11.6. The maximum atomic E-state index is 12.3. The molecule has 1 fully saturated rings. The van der Waals surface area contributed by atoms with E-state index < -0.39 is 6.36 Å². The van der Waals surface area contributed by atoms with Crippen molar-refractivity contribution in [3.8, 4) is 11.5 Å². The van der Waals surface area contributed by atoms with Crippen LogP contribution in [-0.4, -0.2) is 35.5 Å². The number of alkyl halides is 3. The average molecular weight is 508 g/mol. The molecule has 3 aromatic carbocycles. The maximum Gasteiger partial charge on any atom is 0.573 e. The van der Waals surface area contributed by atoms with Crippen molar-refractivity contribution in [2.45, 2.75) is 19.0 Å². The van der Waals surface area contributed by atoms with E-state index in [2.05, 4.69) is 30.2 Å². The molecule has 2 N–H and O–H groups in total. The third kappa shape index (κ3) is 6.81. The monoisotopic (exact) mass is 507 g/mol. The van der Waals surface area contributed by atoms with Crippen molar-refractivity contribution in [2.75, 3.05) is 28.6 Å². The summed E-state index contributed by atoms with van der Waals surface area (Å²) in [6.45, 7) is 2.01. The predicted octanol–water partition coefficient (Wildman–Crippen LogP) is 6.00. The molecule has 5 rings (SSSR count). The van der Waals surface area contributed by atoms with Crippen LogP contribution in [0.3, 0.4) is 0 Å².